The topological polar surface area (TPSA) is 54.9 Å². The lowest BCUT2D eigenvalue weighted by Crippen LogP contribution is -2.43. The molecule has 3 aromatic carbocycles. The summed E-state index contributed by atoms with van der Waals surface area (Å²) in [7, 11) is 0. The van der Waals surface area contributed by atoms with Crippen LogP contribution in [0.15, 0.2) is 48.5 Å². The number of aromatic nitrogens is 1. The highest BCUT2D eigenvalue weighted by atomic mass is 35.5. The zero-order valence-electron chi connectivity index (χ0n) is 19.9. The molecule has 8 heteroatoms. The van der Waals surface area contributed by atoms with Crippen LogP contribution in [0.25, 0.3) is 21.0 Å². The van der Waals surface area contributed by atoms with E-state index in [1.54, 1.807) is 4.90 Å². The number of ether oxygens (including phenoxy) is 2. The van der Waals surface area contributed by atoms with Crippen LogP contribution in [-0.2, 0) is 4.74 Å². The molecule has 4 aromatic rings. The Bertz CT molecular complexity index is 1370. The summed E-state index contributed by atoms with van der Waals surface area (Å²) in [5, 5.41) is 3.21. The summed E-state index contributed by atoms with van der Waals surface area (Å²) in [4.78, 5) is 23.3. The highest BCUT2D eigenvalue weighted by molar-refractivity contribution is 7.22. The van der Waals surface area contributed by atoms with Gasteiger partial charge in [0, 0.05) is 31.2 Å². The molecule has 0 radical (unpaired) electrons. The number of carbonyl (C=O) groups excluding carboxylic acids is 1. The lowest BCUT2D eigenvalue weighted by molar-refractivity contribution is 0.0391. The molecule has 1 aliphatic heterocycles. The predicted molar refractivity (Wildman–Crippen MR) is 143 cm³/mol. The standard InChI is InChI=1S/C27H28ClN3O3S/c1-3-34-22-10-8-19-6-4-5-7-20(19)24(22)26(32)31(13-12-30-14-16-33-17-15-30)27-29-25-18(2)21(28)9-11-23(25)35-27/h4-11H,3,12-17H2,1-2H3. The lowest BCUT2D eigenvalue weighted by atomic mass is 10.0. The smallest absolute Gasteiger partial charge is 0.264 e. The molecule has 0 aliphatic carbocycles. The van der Waals surface area contributed by atoms with Crippen LogP contribution < -0.4 is 9.64 Å². The molecule has 0 saturated carbocycles. The lowest BCUT2D eigenvalue weighted by Gasteiger charge is -2.29. The molecule has 0 N–H and O–H groups in total. The number of halogens is 1. The Hall–Kier alpha value is -2.71. The number of amides is 1. The van der Waals surface area contributed by atoms with Gasteiger partial charge in [0.25, 0.3) is 5.91 Å². The number of anilines is 1. The van der Waals surface area contributed by atoms with Gasteiger partial charge in [-0.1, -0.05) is 53.3 Å². The first-order valence-electron chi connectivity index (χ1n) is 11.9. The average Bonchev–Trinajstić information content (AvgIpc) is 3.32. The highest BCUT2D eigenvalue weighted by Gasteiger charge is 2.27. The van der Waals surface area contributed by atoms with Crippen molar-refractivity contribution in [1.82, 2.24) is 9.88 Å². The zero-order valence-corrected chi connectivity index (χ0v) is 21.5. The van der Waals surface area contributed by atoms with Crippen LogP contribution in [0.1, 0.15) is 22.8 Å². The summed E-state index contributed by atoms with van der Waals surface area (Å²) in [6.45, 7) is 8.76. The van der Waals surface area contributed by atoms with Gasteiger partial charge in [0.2, 0.25) is 0 Å². The number of hydrogen-bond donors (Lipinski definition) is 0. The number of nitrogens with zero attached hydrogens (tertiary/aromatic N) is 3. The molecule has 2 heterocycles. The molecule has 35 heavy (non-hydrogen) atoms. The maximum Gasteiger partial charge on any atom is 0.264 e. The van der Waals surface area contributed by atoms with E-state index in [1.165, 1.54) is 11.3 Å². The van der Waals surface area contributed by atoms with Gasteiger partial charge >= 0.3 is 0 Å². The third kappa shape index (κ3) is 4.86. The molecule has 1 fully saturated rings. The van der Waals surface area contributed by atoms with Gasteiger partial charge in [-0.05, 0) is 48.4 Å². The Labute approximate surface area is 214 Å². The molecule has 1 aliphatic rings. The monoisotopic (exact) mass is 509 g/mol. The van der Waals surface area contributed by atoms with Crippen molar-refractivity contribution in [3.63, 3.8) is 0 Å². The van der Waals surface area contributed by atoms with Crippen molar-refractivity contribution in [2.45, 2.75) is 13.8 Å². The molecular formula is C27H28ClN3O3S. The molecule has 0 unspecified atom stereocenters. The minimum atomic E-state index is -0.110. The summed E-state index contributed by atoms with van der Waals surface area (Å²) < 4.78 is 12.4. The van der Waals surface area contributed by atoms with Crippen molar-refractivity contribution in [2.24, 2.45) is 0 Å². The van der Waals surface area contributed by atoms with Gasteiger partial charge in [-0.3, -0.25) is 14.6 Å². The van der Waals surface area contributed by atoms with Gasteiger partial charge in [-0.2, -0.15) is 0 Å². The van der Waals surface area contributed by atoms with E-state index < -0.39 is 0 Å². The number of fused-ring (bicyclic) bond motifs is 2. The molecule has 1 saturated heterocycles. The third-order valence-electron chi connectivity index (χ3n) is 6.36. The SMILES string of the molecule is CCOc1ccc2ccccc2c1C(=O)N(CCN1CCOCC1)c1nc2c(C)c(Cl)ccc2s1. The van der Waals surface area contributed by atoms with Gasteiger partial charge in [-0.15, -0.1) is 0 Å². The van der Waals surface area contributed by atoms with Crippen LogP contribution in [0.5, 0.6) is 5.75 Å². The van der Waals surface area contributed by atoms with E-state index in [2.05, 4.69) is 4.90 Å². The summed E-state index contributed by atoms with van der Waals surface area (Å²) in [5.41, 5.74) is 2.33. The summed E-state index contributed by atoms with van der Waals surface area (Å²) in [6.07, 6.45) is 0. The van der Waals surface area contributed by atoms with E-state index in [-0.39, 0.29) is 5.91 Å². The second-order valence-electron chi connectivity index (χ2n) is 8.52. The van der Waals surface area contributed by atoms with Crippen LogP contribution in [0.4, 0.5) is 5.13 Å². The van der Waals surface area contributed by atoms with Gasteiger partial charge in [0.05, 0.1) is 35.6 Å². The maximum atomic E-state index is 14.3. The van der Waals surface area contributed by atoms with Gasteiger partial charge in [0.15, 0.2) is 5.13 Å². The van der Waals surface area contributed by atoms with Crippen LogP contribution in [0.2, 0.25) is 5.02 Å². The van der Waals surface area contributed by atoms with E-state index in [9.17, 15) is 4.79 Å². The van der Waals surface area contributed by atoms with Gasteiger partial charge in [-0.25, -0.2) is 4.98 Å². The quantitative estimate of drug-likeness (QED) is 0.315. The number of thiazole rings is 1. The first kappa shape index (κ1) is 24.0. The van der Waals surface area contributed by atoms with Crippen LogP contribution >= 0.6 is 22.9 Å². The maximum absolute atomic E-state index is 14.3. The molecular weight excluding hydrogens is 482 g/mol. The largest absolute Gasteiger partial charge is 0.493 e. The van der Waals surface area contributed by atoms with Gasteiger partial charge in [0.1, 0.15) is 5.75 Å². The zero-order chi connectivity index (χ0) is 24.4. The molecule has 6 nitrogen and oxygen atoms in total. The summed E-state index contributed by atoms with van der Waals surface area (Å²) >= 11 is 7.88. The molecule has 1 amide bonds. The van der Waals surface area contributed by atoms with Crippen LogP contribution in [0.3, 0.4) is 0 Å². The van der Waals surface area contributed by atoms with E-state index in [0.29, 0.717) is 47.8 Å². The summed E-state index contributed by atoms with van der Waals surface area (Å²) in [5.74, 6) is 0.481. The van der Waals surface area contributed by atoms with E-state index in [0.717, 1.165) is 46.2 Å². The Morgan fingerprint density at radius 3 is 2.77 bits per heavy atom. The fourth-order valence-electron chi connectivity index (χ4n) is 4.44. The predicted octanol–water partition coefficient (Wildman–Crippen LogP) is 5.79. The number of morpholine rings is 1. The van der Waals surface area contributed by atoms with Crippen LogP contribution in [0, 0.1) is 6.92 Å². The Morgan fingerprint density at radius 2 is 1.97 bits per heavy atom. The normalized spacial score (nSPS) is 14.5. The van der Waals surface area contributed by atoms with Crippen molar-refractivity contribution < 1.29 is 14.3 Å². The van der Waals surface area contributed by atoms with Crippen molar-refractivity contribution in [2.75, 3.05) is 50.9 Å². The van der Waals surface area contributed by atoms with Crippen molar-refractivity contribution in [1.29, 1.82) is 0 Å². The van der Waals surface area contributed by atoms with Crippen LogP contribution in [-0.4, -0.2) is 61.8 Å². The first-order valence-corrected chi connectivity index (χ1v) is 13.1. The molecule has 0 bridgehead atoms. The highest BCUT2D eigenvalue weighted by Crippen LogP contribution is 2.36. The Morgan fingerprint density at radius 1 is 1.17 bits per heavy atom. The van der Waals surface area contributed by atoms with E-state index in [4.69, 9.17) is 26.1 Å². The number of rotatable bonds is 7. The Balaban J connectivity index is 1.59. The van der Waals surface area contributed by atoms with E-state index in [1.807, 2.05) is 62.4 Å². The van der Waals surface area contributed by atoms with Crippen molar-refractivity contribution in [3.8, 4) is 5.75 Å². The number of hydrogen-bond acceptors (Lipinski definition) is 6. The first-order chi connectivity index (χ1) is 17.1. The fraction of sp³-hybridized carbons (Fsp3) is 0.333. The van der Waals surface area contributed by atoms with Gasteiger partial charge < -0.3 is 9.47 Å². The molecule has 0 spiro atoms. The third-order valence-corrected chi connectivity index (χ3v) is 7.81. The molecule has 5 rings (SSSR count). The number of carbonyl (C=O) groups is 1. The minimum absolute atomic E-state index is 0.110. The average molecular weight is 510 g/mol. The second-order valence-corrected chi connectivity index (χ2v) is 9.94. The molecule has 0 atom stereocenters. The van der Waals surface area contributed by atoms with Crippen molar-refractivity contribution >= 4 is 55.0 Å². The van der Waals surface area contributed by atoms with E-state index >= 15 is 0 Å². The molecule has 1 aromatic heterocycles. The fourth-order valence-corrected chi connectivity index (χ4v) is 5.64. The molecule has 182 valence electrons. The second kappa shape index (κ2) is 10.5. The minimum Gasteiger partial charge on any atom is -0.493 e. The summed E-state index contributed by atoms with van der Waals surface area (Å²) in [6, 6.07) is 15.7. The number of benzene rings is 3. The van der Waals surface area contributed by atoms with Crippen molar-refractivity contribution in [3.05, 3.63) is 64.7 Å². The Kier molecular flexibility index (Phi) is 7.20. The number of aryl methyl sites for hydroxylation is 1.